The van der Waals surface area contributed by atoms with Gasteiger partial charge in [0.15, 0.2) is 0 Å². The van der Waals surface area contributed by atoms with Gasteiger partial charge in [0.25, 0.3) is 0 Å². The molecule has 1 nitrogen and oxygen atoms in total. The summed E-state index contributed by atoms with van der Waals surface area (Å²) in [7, 11) is 0. The fraction of sp³-hybridized carbons (Fsp3) is 0.333. The second-order valence-corrected chi connectivity index (χ2v) is 3.63. The topological polar surface area (TPSA) is 20.2 Å². The van der Waals surface area contributed by atoms with Crippen LogP contribution in [0.2, 0.25) is 0 Å². The van der Waals surface area contributed by atoms with Crippen molar-refractivity contribution in [3.8, 4) is 5.75 Å². The van der Waals surface area contributed by atoms with Gasteiger partial charge < -0.3 is 5.11 Å². The average Bonchev–Trinajstić information content (AvgIpc) is 2.62. The Kier molecular flexibility index (Phi) is 0.719. The van der Waals surface area contributed by atoms with Crippen molar-refractivity contribution < 1.29 is 14.7 Å². The molecule has 0 aromatic heterocycles. The van der Waals surface area contributed by atoms with Crippen LogP contribution in [0.3, 0.4) is 0 Å². The van der Waals surface area contributed by atoms with Gasteiger partial charge in [-0.1, -0.05) is 12.1 Å². The fourth-order valence-corrected chi connectivity index (χ4v) is 1.15. The Balaban J connectivity index is 2.81. The van der Waals surface area contributed by atoms with Crippen LogP contribution in [-0.4, -0.2) is 9.44 Å². The van der Waals surface area contributed by atoms with Gasteiger partial charge in [0.2, 0.25) is 0 Å². The third kappa shape index (κ3) is 1.39. The molecule has 0 bridgehead atoms. The molecule has 1 atom stereocenters. The number of rotatable bonds is 1. The first kappa shape index (κ1) is 3.39. The van der Waals surface area contributed by atoms with E-state index in [1.165, 1.54) is 0 Å². The summed E-state index contributed by atoms with van der Waals surface area (Å²) >= 11 is 11.4. The quantitative estimate of drug-likeness (QED) is 0.706. The number of phenolic OH excluding ortho intramolecular Hbond substituents is 1. The molecular formula is C9H8Cl2O. The van der Waals surface area contributed by atoms with Crippen molar-refractivity contribution in [1.82, 2.24) is 0 Å². The Morgan fingerprint density at radius 3 is 2.50 bits per heavy atom. The van der Waals surface area contributed by atoms with E-state index >= 15 is 0 Å². The van der Waals surface area contributed by atoms with Crippen LogP contribution in [0.1, 0.15) is 27.4 Å². The first-order chi connectivity index (χ1) is 8.43. The molecular weight excluding hydrogens is 195 g/mol. The van der Waals surface area contributed by atoms with E-state index in [4.69, 9.17) is 32.8 Å². The molecule has 64 valence electrons. The van der Waals surface area contributed by atoms with E-state index in [9.17, 15) is 5.11 Å². The average molecular weight is 210 g/mol. The molecule has 1 aliphatic carbocycles. The van der Waals surface area contributed by atoms with Gasteiger partial charge in [-0.3, -0.25) is 0 Å². The summed E-state index contributed by atoms with van der Waals surface area (Å²) in [6.07, 6.45) is -2.43. The molecule has 0 radical (unpaired) electrons. The largest absolute Gasteiger partial charge is 0.508 e. The Morgan fingerprint density at radius 2 is 2.08 bits per heavy atom. The van der Waals surface area contributed by atoms with Gasteiger partial charge in [-0.25, -0.2) is 0 Å². The Morgan fingerprint density at radius 1 is 1.58 bits per heavy atom. The molecule has 1 aromatic rings. The zero-order valence-corrected chi connectivity index (χ0v) is 7.22. The van der Waals surface area contributed by atoms with Gasteiger partial charge in [-0.2, -0.15) is 0 Å². The summed E-state index contributed by atoms with van der Waals surface area (Å²) in [5, 5.41) is 9.40. The van der Waals surface area contributed by atoms with Gasteiger partial charge in [-0.05, 0) is 24.0 Å². The van der Waals surface area contributed by atoms with Crippen LogP contribution in [0.15, 0.2) is 24.2 Å². The zero-order valence-electron chi connectivity index (χ0n) is 12.7. The van der Waals surface area contributed by atoms with Crippen LogP contribution in [0.4, 0.5) is 0 Å². The SMILES string of the molecule is [2H]c1c([2H])c(C2([2H])C([2H])([2H])C2(Cl)Cl)c([2H])c([2H])c1O. The van der Waals surface area contributed by atoms with Crippen LogP contribution in [0.25, 0.3) is 0 Å². The molecule has 1 fully saturated rings. The molecule has 0 aliphatic heterocycles. The Bertz CT molecular complexity index is 543. The lowest BCUT2D eigenvalue weighted by Gasteiger charge is -1.99. The number of hydrogen-bond donors (Lipinski definition) is 1. The van der Waals surface area contributed by atoms with E-state index < -0.39 is 52.1 Å². The standard InChI is InChI=1S/C9H8Cl2O/c10-9(11)5-8(9)6-1-3-7(12)4-2-6/h1-4,8,12H,5H2/i1D,2D,3D,4D,5D2,8D. The van der Waals surface area contributed by atoms with Crippen molar-refractivity contribution in [2.45, 2.75) is 16.6 Å². The lowest BCUT2D eigenvalue weighted by molar-refractivity contribution is 0.475. The predicted molar refractivity (Wildman–Crippen MR) is 49.9 cm³/mol. The maximum absolute atomic E-state index is 9.40. The summed E-state index contributed by atoms with van der Waals surface area (Å²) in [5.41, 5.74) is -0.560. The molecule has 2 rings (SSSR count). The molecule has 1 unspecified atom stereocenters. The number of alkyl halides is 2. The summed E-state index contributed by atoms with van der Waals surface area (Å²) in [6.45, 7) is 0. The molecule has 0 heterocycles. The highest BCUT2D eigenvalue weighted by Gasteiger charge is 2.52. The number of hydrogen-bond acceptors (Lipinski definition) is 1. The predicted octanol–water partition coefficient (Wildman–Crippen LogP) is 3.05. The fourth-order valence-electron chi connectivity index (χ4n) is 0.776. The first-order valence-corrected chi connectivity index (χ1v) is 3.86. The highest BCUT2D eigenvalue weighted by Crippen LogP contribution is 2.59. The highest BCUT2D eigenvalue weighted by molar-refractivity contribution is 6.51. The number of phenols is 1. The van der Waals surface area contributed by atoms with Crippen LogP contribution >= 0.6 is 23.2 Å². The number of aromatic hydroxyl groups is 1. The minimum absolute atomic E-state index is 0.560. The van der Waals surface area contributed by atoms with Gasteiger partial charge in [-0.15, -0.1) is 23.2 Å². The van der Waals surface area contributed by atoms with Crippen molar-refractivity contribution in [2.75, 3.05) is 0 Å². The molecule has 1 aliphatic rings. The van der Waals surface area contributed by atoms with Crippen LogP contribution in [0, 0.1) is 0 Å². The summed E-state index contributed by atoms with van der Waals surface area (Å²) < 4.78 is 51.3. The maximum Gasteiger partial charge on any atom is 0.125 e. The van der Waals surface area contributed by atoms with E-state index in [0.29, 0.717) is 0 Å². The molecule has 1 aromatic carbocycles. The highest BCUT2D eigenvalue weighted by atomic mass is 35.5. The summed E-state index contributed by atoms with van der Waals surface area (Å²) in [4.78, 5) is 0. The lowest BCUT2D eigenvalue weighted by atomic mass is 10.1. The lowest BCUT2D eigenvalue weighted by Crippen LogP contribution is -1.88. The van der Waals surface area contributed by atoms with Gasteiger partial charge in [0, 0.05) is 10.0 Å². The molecule has 12 heavy (non-hydrogen) atoms. The third-order valence-corrected chi connectivity index (χ3v) is 1.96. The monoisotopic (exact) mass is 209 g/mol. The normalized spacial score (nSPS) is 44.0. The van der Waals surface area contributed by atoms with Gasteiger partial charge in [0.1, 0.15) is 10.1 Å². The maximum atomic E-state index is 9.40. The Hall–Kier alpha value is -0.400. The van der Waals surface area contributed by atoms with Crippen LogP contribution < -0.4 is 0 Å². The second kappa shape index (κ2) is 2.54. The minimum atomic E-state index is -2.43. The first-order valence-electron chi connectivity index (χ1n) is 6.60. The minimum Gasteiger partial charge on any atom is -0.508 e. The zero-order chi connectivity index (χ0) is 15.0. The van der Waals surface area contributed by atoms with Gasteiger partial charge >= 0.3 is 0 Å². The Labute approximate surface area is 90.8 Å². The second-order valence-electron chi connectivity index (χ2n) is 2.30. The van der Waals surface area contributed by atoms with Crippen molar-refractivity contribution >= 4 is 23.2 Å². The van der Waals surface area contributed by atoms with E-state index in [-0.39, 0.29) is 0 Å². The van der Waals surface area contributed by atoms with E-state index in [0.717, 1.165) is 0 Å². The molecule has 3 heteroatoms. The van der Waals surface area contributed by atoms with Crippen molar-refractivity contribution in [2.24, 2.45) is 0 Å². The molecule has 0 spiro atoms. The van der Waals surface area contributed by atoms with E-state index in [2.05, 4.69) is 0 Å². The van der Waals surface area contributed by atoms with Crippen LogP contribution in [-0.2, 0) is 0 Å². The van der Waals surface area contributed by atoms with Gasteiger partial charge in [0.05, 0.1) is 5.48 Å². The summed E-state index contributed by atoms with van der Waals surface area (Å²) in [6, 6.07) is -2.95. The smallest absolute Gasteiger partial charge is 0.125 e. The molecule has 1 N–H and O–H groups in total. The van der Waals surface area contributed by atoms with Crippen molar-refractivity contribution in [3.05, 3.63) is 29.7 Å². The van der Waals surface area contributed by atoms with Crippen LogP contribution in [0.5, 0.6) is 5.75 Å². The van der Waals surface area contributed by atoms with Crippen molar-refractivity contribution in [1.29, 1.82) is 0 Å². The van der Waals surface area contributed by atoms with E-state index in [1.807, 2.05) is 0 Å². The van der Waals surface area contributed by atoms with E-state index in [1.54, 1.807) is 0 Å². The molecule has 1 saturated carbocycles. The number of halogens is 2. The number of benzene rings is 1. The third-order valence-electron chi connectivity index (χ3n) is 1.40. The summed E-state index contributed by atoms with van der Waals surface area (Å²) in [5.74, 6) is -3.19. The molecule has 0 amide bonds. The molecule has 0 saturated heterocycles. The van der Waals surface area contributed by atoms with Crippen molar-refractivity contribution in [3.63, 3.8) is 0 Å².